The fourth-order valence-corrected chi connectivity index (χ4v) is 2.58. The standard InChI is InChI=1S/C14H13IN2O6/c1-21-10-5-7(4-9-13(19)17-14(20)16-9)3-8(15)12(10)23-6-11(18)22-2/h3-5H,6H2,1-2H3,(H2,16,17,19,20)/b9-4+. The summed E-state index contributed by atoms with van der Waals surface area (Å²) >= 11 is 2.02. The molecule has 0 aliphatic carbocycles. The van der Waals surface area contributed by atoms with Gasteiger partial charge >= 0.3 is 12.0 Å². The van der Waals surface area contributed by atoms with E-state index in [1.54, 1.807) is 12.1 Å². The van der Waals surface area contributed by atoms with Crippen LogP contribution >= 0.6 is 22.6 Å². The number of nitrogens with one attached hydrogen (secondary N) is 2. The largest absolute Gasteiger partial charge is 0.493 e. The molecule has 2 rings (SSSR count). The second-order valence-electron chi connectivity index (χ2n) is 4.37. The zero-order valence-corrected chi connectivity index (χ0v) is 14.4. The normalized spacial score (nSPS) is 15.2. The van der Waals surface area contributed by atoms with Crippen molar-refractivity contribution in [2.75, 3.05) is 20.8 Å². The Morgan fingerprint density at radius 1 is 1.26 bits per heavy atom. The molecule has 0 aromatic heterocycles. The first kappa shape index (κ1) is 17.1. The van der Waals surface area contributed by atoms with E-state index in [1.165, 1.54) is 20.3 Å². The number of ether oxygens (including phenoxy) is 3. The van der Waals surface area contributed by atoms with E-state index in [0.29, 0.717) is 20.6 Å². The highest BCUT2D eigenvalue weighted by atomic mass is 127. The summed E-state index contributed by atoms with van der Waals surface area (Å²) < 4.78 is 15.8. The van der Waals surface area contributed by atoms with Gasteiger partial charge in [0.25, 0.3) is 5.91 Å². The molecule has 0 atom stereocenters. The third kappa shape index (κ3) is 4.12. The van der Waals surface area contributed by atoms with Crippen LogP contribution in [0.1, 0.15) is 5.56 Å². The van der Waals surface area contributed by atoms with Crippen molar-refractivity contribution in [1.82, 2.24) is 10.6 Å². The first-order chi connectivity index (χ1) is 10.9. The molecule has 1 saturated heterocycles. The van der Waals surface area contributed by atoms with Gasteiger partial charge in [0.1, 0.15) is 5.70 Å². The number of halogens is 1. The van der Waals surface area contributed by atoms with E-state index in [4.69, 9.17) is 9.47 Å². The topological polar surface area (TPSA) is 103 Å². The Morgan fingerprint density at radius 3 is 2.57 bits per heavy atom. The Labute approximate surface area is 145 Å². The zero-order valence-electron chi connectivity index (χ0n) is 12.3. The molecule has 1 aliphatic heterocycles. The lowest BCUT2D eigenvalue weighted by Gasteiger charge is -2.13. The van der Waals surface area contributed by atoms with Crippen molar-refractivity contribution >= 4 is 46.6 Å². The summed E-state index contributed by atoms with van der Waals surface area (Å²) in [7, 11) is 2.72. The highest BCUT2D eigenvalue weighted by Crippen LogP contribution is 2.34. The number of urea groups is 1. The number of rotatable bonds is 5. The van der Waals surface area contributed by atoms with E-state index in [2.05, 4.69) is 15.4 Å². The van der Waals surface area contributed by atoms with E-state index < -0.39 is 17.9 Å². The molecule has 3 amide bonds. The van der Waals surface area contributed by atoms with E-state index in [-0.39, 0.29) is 12.3 Å². The molecule has 1 fully saturated rings. The summed E-state index contributed by atoms with van der Waals surface area (Å²) in [5, 5.41) is 4.51. The lowest BCUT2D eigenvalue weighted by Crippen LogP contribution is -2.22. The fourth-order valence-electron chi connectivity index (χ4n) is 1.80. The fraction of sp³-hybridized carbons (Fsp3) is 0.214. The molecule has 23 heavy (non-hydrogen) atoms. The number of carbonyl (C=O) groups excluding carboxylic acids is 3. The number of imide groups is 1. The number of hydrogen-bond donors (Lipinski definition) is 2. The Balaban J connectivity index is 2.29. The lowest BCUT2D eigenvalue weighted by atomic mass is 10.1. The number of methoxy groups -OCH3 is 2. The van der Waals surface area contributed by atoms with Crippen LogP contribution in [0, 0.1) is 3.57 Å². The van der Waals surface area contributed by atoms with Gasteiger partial charge in [-0.25, -0.2) is 9.59 Å². The first-order valence-corrected chi connectivity index (χ1v) is 7.43. The lowest BCUT2D eigenvalue weighted by molar-refractivity contribution is -0.143. The van der Waals surface area contributed by atoms with Gasteiger partial charge in [0.05, 0.1) is 17.8 Å². The Bertz CT molecular complexity index is 701. The second-order valence-corrected chi connectivity index (χ2v) is 5.53. The maximum absolute atomic E-state index is 11.5. The van der Waals surface area contributed by atoms with Crippen LogP contribution < -0.4 is 20.1 Å². The van der Waals surface area contributed by atoms with Crippen LogP contribution in [0.25, 0.3) is 6.08 Å². The van der Waals surface area contributed by atoms with Crippen molar-refractivity contribution in [2.45, 2.75) is 0 Å². The summed E-state index contributed by atoms with van der Waals surface area (Å²) in [4.78, 5) is 33.8. The van der Waals surface area contributed by atoms with Crippen LogP contribution in [0.2, 0.25) is 0 Å². The van der Waals surface area contributed by atoms with Crippen molar-refractivity contribution in [3.05, 3.63) is 27.0 Å². The first-order valence-electron chi connectivity index (χ1n) is 6.35. The van der Waals surface area contributed by atoms with Gasteiger partial charge in [-0.2, -0.15) is 0 Å². The van der Waals surface area contributed by atoms with E-state index in [9.17, 15) is 14.4 Å². The SMILES string of the molecule is COC(=O)COc1c(I)cc(/C=C2/NC(=O)NC2=O)cc1OC. The van der Waals surface area contributed by atoms with Gasteiger partial charge in [0.15, 0.2) is 18.1 Å². The molecule has 1 aromatic rings. The van der Waals surface area contributed by atoms with Crippen LogP contribution in [0.4, 0.5) is 4.79 Å². The zero-order chi connectivity index (χ0) is 17.0. The van der Waals surface area contributed by atoms with Gasteiger partial charge in [-0.05, 0) is 46.4 Å². The number of hydrogen-bond acceptors (Lipinski definition) is 6. The van der Waals surface area contributed by atoms with E-state index in [0.717, 1.165) is 0 Å². The van der Waals surface area contributed by atoms with Crippen LogP contribution in [0.3, 0.4) is 0 Å². The quantitative estimate of drug-likeness (QED) is 0.312. The molecule has 8 nitrogen and oxygen atoms in total. The minimum Gasteiger partial charge on any atom is -0.493 e. The van der Waals surface area contributed by atoms with Crippen LogP contribution in [-0.2, 0) is 14.3 Å². The molecular weight excluding hydrogens is 419 g/mol. The molecule has 0 saturated carbocycles. The van der Waals surface area contributed by atoms with Crippen molar-refractivity contribution in [1.29, 1.82) is 0 Å². The molecule has 1 heterocycles. The molecule has 122 valence electrons. The molecule has 0 bridgehead atoms. The van der Waals surface area contributed by atoms with Crippen LogP contribution in [0.5, 0.6) is 11.5 Å². The summed E-state index contributed by atoms with van der Waals surface area (Å²) in [5.41, 5.74) is 0.764. The van der Waals surface area contributed by atoms with Crippen LogP contribution in [0.15, 0.2) is 17.8 Å². The maximum Gasteiger partial charge on any atom is 0.343 e. The predicted octanol–water partition coefficient (Wildman–Crippen LogP) is 1.03. The summed E-state index contributed by atoms with van der Waals surface area (Å²) in [6.45, 7) is -0.248. The third-order valence-corrected chi connectivity index (χ3v) is 3.65. The number of esters is 1. The molecular formula is C14H13IN2O6. The monoisotopic (exact) mass is 432 g/mol. The van der Waals surface area contributed by atoms with Crippen molar-refractivity contribution in [3.63, 3.8) is 0 Å². The van der Waals surface area contributed by atoms with E-state index in [1.807, 2.05) is 22.6 Å². The summed E-state index contributed by atoms with van der Waals surface area (Å²) in [6, 6.07) is 2.78. The molecule has 0 spiro atoms. The van der Waals surface area contributed by atoms with Gasteiger partial charge in [0.2, 0.25) is 0 Å². The van der Waals surface area contributed by atoms with Crippen molar-refractivity contribution < 1.29 is 28.6 Å². The van der Waals surface area contributed by atoms with Gasteiger partial charge in [-0.15, -0.1) is 0 Å². The Kier molecular flexibility index (Phi) is 5.42. The molecule has 9 heteroatoms. The van der Waals surface area contributed by atoms with E-state index >= 15 is 0 Å². The number of amides is 3. The Morgan fingerprint density at radius 2 is 2.00 bits per heavy atom. The third-order valence-electron chi connectivity index (χ3n) is 2.84. The molecule has 1 aromatic carbocycles. The highest BCUT2D eigenvalue weighted by molar-refractivity contribution is 14.1. The average Bonchev–Trinajstić information content (AvgIpc) is 2.82. The molecule has 0 radical (unpaired) electrons. The van der Waals surface area contributed by atoms with Gasteiger partial charge in [0, 0.05) is 0 Å². The molecule has 0 unspecified atom stereocenters. The Hall–Kier alpha value is -2.30. The van der Waals surface area contributed by atoms with Crippen molar-refractivity contribution in [2.24, 2.45) is 0 Å². The van der Waals surface area contributed by atoms with Crippen molar-refractivity contribution in [3.8, 4) is 11.5 Å². The van der Waals surface area contributed by atoms with Gasteiger partial charge in [-0.3, -0.25) is 10.1 Å². The number of benzene rings is 1. The highest BCUT2D eigenvalue weighted by Gasteiger charge is 2.23. The van der Waals surface area contributed by atoms with Gasteiger partial charge in [-0.1, -0.05) is 0 Å². The second kappa shape index (κ2) is 7.31. The average molecular weight is 432 g/mol. The summed E-state index contributed by atoms with van der Waals surface area (Å²) in [6.07, 6.45) is 1.51. The minimum atomic E-state index is -0.569. The minimum absolute atomic E-state index is 0.135. The smallest absolute Gasteiger partial charge is 0.343 e. The number of carbonyl (C=O) groups is 3. The van der Waals surface area contributed by atoms with Crippen LogP contribution in [-0.4, -0.2) is 38.7 Å². The molecule has 1 aliphatic rings. The predicted molar refractivity (Wildman–Crippen MR) is 87.9 cm³/mol. The van der Waals surface area contributed by atoms with Gasteiger partial charge < -0.3 is 19.5 Å². The summed E-state index contributed by atoms with van der Waals surface area (Å²) in [5.74, 6) is -0.243. The maximum atomic E-state index is 11.5. The molecule has 2 N–H and O–H groups in total.